The lowest BCUT2D eigenvalue weighted by Gasteiger charge is -2.13. The van der Waals surface area contributed by atoms with Crippen LogP contribution < -0.4 is 14.8 Å². The molecule has 0 aromatic heterocycles. The topological polar surface area (TPSA) is 47.6 Å². The Balaban J connectivity index is 1.87. The predicted molar refractivity (Wildman–Crippen MR) is 110 cm³/mol. The molecule has 0 atom stereocenters. The monoisotopic (exact) mass is 439 g/mol. The number of carbonyl (C=O) groups excluding carboxylic acids is 1. The summed E-state index contributed by atoms with van der Waals surface area (Å²) in [6.45, 7) is 6.29. The Bertz CT molecular complexity index is 808. The minimum atomic E-state index is -0.0694. The molecule has 0 aliphatic rings. The fourth-order valence-corrected chi connectivity index (χ4v) is 3.24. The van der Waals surface area contributed by atoms with E-state index in [4.69, 9.17) is 21.1 Å². The molecule has 2 aromatic carbocycles. The molecule has 0 bridgehead atoms. The lowest BCUT2D eigenvalue weighted by atomic mass is 10.1. The summed E-state index contributed by atoms with van der Waals surface area (Å²) < 4.78 is 11.9. The highest BCUT2D eigenvalue weighted by molar-refractivity contribution is 9.10. The van der Waals surface area contributed by atoms with Gasteiger partial charge in [-0.1, -0.05) is 17.7 Å². The average molecular weight is 441 g/mol. The molecule has 0 aliphatic heterocycles. The van der Waals surface area contributed by atoms with Crippen molar-refractivity contribution in [3.63, 3.8) is 0 Å². The standard InChI is InChI=1S/C20H23BrClNO3/c1-12-7-8-16(25-4)15(10-12)23-18(24)6-5-9-26-17-11-13(2)20(22)14(3)19(17)21/h7-8,10-11H,5-6,9H2,1-4H3,(H,23,24). The Morgan fingerprint density at radius 2 is 1.92 bits per heavy atom. The van der Waals surface area contributed by atoms with E-state index in [1.165, 1.54) is 0 Å². The second-order valence-electron chi connectivity index (χ2n) is 6.15. The number of ether oxygens (including phenoxy) is 2. The lowest BCUT2D eigenvalue weighted by molar-refractivity contribution is -0.116. The summed E-state index contributed by atoms with van der Waals surface area (Å²) >= 11 is 9.73. The molecular formula is C20H23BrClNO3. The normalized spacial score (nSPS) is 10.5. The third-order valence-corrected chi connectivity index (χ3v) is 5.57. The van der Waals surface area contributed by atoms with Crippen LogP contribution in [0.4, 0.5) is 5.69 Å². The predicted octanol–water partition coefficient (Wildman–Crippen LogP) is 5.83. The minimum Gasteiger partial charge on any atom is -0.495 e. The molecule has 1 amide bonds. The van der Waals surface area contributed by atoms with E-state index in [1.54, 1.807) is 7.11 Å². The van der Waals surface area contributed by atoms with Crippen LogP contribution in [0.1, 0.15) is 29.5 Å². The first-order valence-corrected chi connectivity index (χ1v) is 9.53. The van der Waals surface area contributed by atoms with E-state index in [1.807, 2.05) is 45.0 Å². The molecule has 0 saturated carbocycles. The first-order valence-electron chi connectivity index (χ1n) is 8.36. The van der Waals surface area contributed by atoms with Crippen LogP contribution in [0.5, 0.6) is 11.5 Å². The van der Waals surface area contributed by atoms with Gasteiger partial charge in [-0.3, -0.25) is 4.79 Å². The summed E-state index contributed by atoms with van der Waals surface area (Å²) in [7, 11) is 1.59. The van der Waals surface area contributed by atoms with Crippen molar-refractivity contribution in [2.75, 3.05) is 19.0 Å². The molecule has 4 nitrogen and oxygen atoms in total. The van der Waals surface area contributed by atoms with Gasteiger partial charge in [-0.15, -0.1) is 0 Å². The Hall–Kier alpha value is -1.72. The number of amides is 1. The summed E-state index contributed by atoms with van der Waals surface area (Å²) in [4.78, 5) is 12.2. The van der Waals surface area contributed by atoms with E-state index in [-0.39, 0.29) is 5.91 Å². The van der Waals surface area contributed by atoms with Gasteiger partial charge in [0.05, 0.1) is 23.9 Å². The maximum atomic E-state index is 12.2. The number of halogens is 2. The van der Waals surface area contributed by atoms with Crippen LogP contribution in [0.2, 0.25) is 5.02 Å². The molecule has 26 heavy (non-hydrogen) atoms. The summed E-state index contributed by atoms with van der Waals surface area (Å²) in [5, 5.41) is 3.62. The number of carbonyl (C=O) groups is 1. The zero-order chi connectivity index (χ0) is 19.3. The number of hydrogen-bond donors (Lipinski definition) is 1. The largest absolute Gasteiger partial charge is 0.495 e. The first kappa shape index (κ1) is 20.6. The fraction of sp³-hybridized carbons (Fsp3) is 0.350. The second-order valence-corrected chi connectivity index (χ2v) is 7.32. The van der Waals surface area contributed by atoms with Crippen molar-refractivity contribution in [3.05, 3.63) is 50.5 Å². The molecule has 1 N–H and O–H groups in total. The molecule has 2 rings (SSSR count). The molecule has 0 aliphatic carbocycles. The van der Waals surface area contributed by atoms with Gasteiger partial charge in [0.1, 0.15) is 11.5 Å². The van der Waals surface area contributed by atoms with Crippen molar-refractivity contribution in [1.29, 1.82) is 0 Å². The Morgan fingerprint density at radius 3 is 2.62 bits per heavy atom. The van der Waals surface area contributed by atoms with Gasteiger partial charge in [-0.25, -0.2) is 0 Å². The molecular weight excluding hydrogens is 418 g/mol. The van der Waals surface area contributed by atoms with Crippen molar-refractivity contribution >= 4 is 39.1 Å². The van der Waals surface area contributed by atoms with Crippen LogP contribution in [0.25, 0.3) is 0 Å². The number of benzene rings is 2. The molecule has 6 heteroatoms. The molecule has 0 fully saturated rings. The van der Waals surface area contributed by atoms with Crippen molar-refractivity contribution in [3.8, 4) is 11.5 Å². The molecule has 0 saturated heterocycles. The Morgan fingerprint density at radius 1 is 1.19 bits per heavy atom. The third kappa shape index (κ3) is 5.15. The van der Waals surface area contributed by atoms with E-state index >= 15 is 0 Å². The maximum Gasteiger partial charge on any atom is 0.224 e. The smallest absolute Gasteiger partial charge is 0.224 e. The van der Waals surface area contributed by atoms with Crippen molar-refractivity contribution < 1.29 is 14.3 Å². The van der Waals surface area contributed by atoms with Crippen molar-refractivity contribution in [2.45, 2.75) is 33.6 Å². The van der Waals surface area contributed by atoms with E-state index in [0.29, 0.717) is 30.9 Å². The van der Waals surface area contributed by atoms with Gasteiger partial charge in [-0.05, 0) is 78.0 Å². The number of rotatable bonds is 7. The van der Waals surface area contributed by atoms with Crippen LogP contribution in [0.15, 0.2) is 28.7 Å². The van der Waals surface area contributed by atoms with Gasteiger partial charge in [0.15, 0.2) is 0 Å². The quantitative estimate of drug-likeness (QED) is 0.551. The van der Waals surface area contributed by atoms with Crippen molar-refractivity contribution in [1.82, 2.24) is 0 Å². The Kier molecular flexibility index (Phi) is 7.35. The van der Waals surface area contributed by atoms with Crippen LogP contribution in [0.3, 0.4) is 0 Å². The zero-order valence-corrected chi connectivity index (χ0v) is 17.8. The third-order valence-electron chi connectivity index (χ3n) is 4.00. The minimum absolute atomic E-state index is 0.0694. The van der Waals surface area contributed by atoms with Crippen LogP contribution in [-0.2, 0) is 4.79 Å². The molecule has 0 spiro atoms. The van der Waals surface area contributed by atoms with Gasteiger partial charge < -0.3 is 14.8 Å². The van der Waals surface area contributed by atoms with Crippen LogP contribution in [-0.4, -0.2) is 19.6 Å². The maximum absolute atomic E-state index is 12.2. The average Bonchev–Trinajstić information content (AvgIpc) is 2.61. The summed E-state index contributed by atoms with van der Waals surface area (Å²) in [5.74, 6) is 1.32. The second kappa shape index (κ2) is 9.28. The van der Waals surface area contributed by atoms with E-state index in [9.17, 15) is 4.79 Å². The lowest BCUT2D eigenvalue weighted by Crippen LogP contribution is -2.13. The van der Waals surface area contributed by atoms with Crippen LogP contribution >= 0.6 is 27.5 Å². The fourth-order valence-electron chi connectivity index (χ4n) is 2.55. The summed E-state index contributed by atoms with van der Waals surface area (Å²) in [6, 6.07) is 7.58. The summed E-state index contributed by atoms with van der Waals surface area (Å²) in [6.07, 6.45) is 0.966. The van der Waals surface area contributed by atoms with E-state index in [2.05, 4.69) is 21.2 Å². The van der Waals surface area contributed by atoms with Gasteiger partial charge in [0, 0.05) is 11.4 Å². The van der Waals surface area contributed by atoms with Gasteiger partial charge in [-0.2, -0.15) is 0 Å². The molecule has 2 aromatic rings. The molecule has 0 unspecified atom stereocenters. The van der Waals surface area contributed by atoms with Gasteiger partial charge in [0.2, 0.25) is 5.91 Å². The Labute approximate surface area is 168 Å². The van der Waals surface area contributed by atoms with Crippen molar-refractivity contribution in [2.24, 2.45) is 0 Å². The van der Waals surface area contributed by atoms with Gasteiger partial charge >= 0.3 is 0 Å². The van der Waals surface area contributed by atoms with Gasteiger partial charge in [0.25, 0.3) is 0 Å². The summed E-state index contributed by atoms with van der Waals surface area (Å²) in [5.41, 5.74) is 3.66. The number of hydrogen-bond acceptors (Lipinski definition) is 3. The zero-order valence-electron chi connectivity index (χ0n) is 15.4. The number of anilines is 1. The number of aryl methyl sites for hydroxylation is 2. The number of methoxy groups -OCH3 is 1. The first-order chi connectivity index (χ1) is 12.3. The highest BCUT2D eigenvalue weighted by Gasteiger charge is 2.12. The molecule has 140 valence electrons. The van der Waals surface area contributed by atoms with E-state index < -0.39 is 0 Å². The molecule has 0 radical (unpaired) electrons. The van der Waals surface area contributed by atoms with Crippen LogP contribution in [0, 0.1) is 20.8 Å². The molecule has 0 heterocycles. The number of nitrogens with one attached hydrogen (secondary N) is 1. The van der Waals surface area contributed by atoms with E-state index in [0.717, 1.165) is 31.9 Å². The SMILES string of the molecule is COc1ccc(C)cc1NC(=O)CCCOc1cc(C)c(Cl)c(C)c1Br. The highest BCUT2D eigenvalue weighted by atomic mass is 79.9. The highest BCUT2D eigenvalue weighted by Crippen LogP contribution is 2.35.